The van der Waals surface area contributed by atoms with Gasteiger partial charge >= 0.3 is 0 Å². The molecule has 0 unspecified atom stereocenters. The van der Waals surface area contributed by atoms with Crippen LogP contribution in [0, 0.1) is 11.3 Å². The highest BCUT2D eigenvalue weighted by Crippen LogP contribution is 2.33. The third-order valence-electron chi connectivity index (χ3n) is 5.49. The number of fused-ring (bicyclic) bond motifs is 1. The van der Waals surface area contributed by atoms with Gasteiger partial charge in [-0.3, -0.25) is 4.68 Å². The van der Waals surface area contributed by atoms with Crippen LogP contribution in [0.3, 0.4) is 0 Å². The highest BCUT2D eigenvalue weighted by Gasteiger charge is 2.45. The molecule has 4 rings (SSSR count). The smallest absolute Gasteiger partial charge is 0.145 e. The molecule has 0 atom stereocenters. The summed E-state index contributed by atoms with van der Waals surface area (Å²) in [5.41, 5.74) is 1.97. The average molecular weight is 426 g/mol. The number of hydroxylamine groups is 2. The Labute approximate surface area is 176 Å². The number of ether oxygens (including phenoxy) is 1. The van der Waals surface area contributed by atoms with Gasteiger partial charge in [0.25, 0.3) is 0 Å². The maximum atomic E-state index is 9.62. The summed E-state index contributed by atoms with van der Waals surface area (Å²) in [6.45, 7) is 8.98. The lowest BCUT2D eigenvalue weighted by Gasteiger charge is -2.45. The van der Waals surface area contributed by atoms with Gasteiger partial charge in [0, 0.05) is 38.0 Å². The SMILES string of the molecule is C[Si](C)(C)CCOCn1ccc2c(-c3cnn(C4(CC#N)CN(O)C4)c3)ncnc21. The molecule has 0 aromatic carbocycles. The molecule has 0 amide bonds. The lowest BCUT2D eigenvalue weighted by molar-refractivity contribution is -0.202. The Bertz CT molecular complexity index is 1070. The maximum Gasteiger partial charge on any atom is 0.145 e. The van der Waals surface area contributed by atoms with E-state index in [1.54, 1.807) is 17.2 Å². The zero-order valence-corrected chi connectivity index (χ0v) is 18.6. The topological polar surface area (TPSA) is 105 Å². The van der Waals surface area contributed by atoms with Crippen molar-refractivity contribution in [2.75, 3.05) is 19.7 Å². The fourth-order valence-electron chi connectivity index (χ4n) is 3.70. The molecule has 1 saturated heterocycles. The van der Waals surface area contributed by atoms with Gasteiger partial charge in [-0.15, -0.1) is 0 Å². The third-order valence-corrected chi connectivity index (χ3v) is 7.19. The monoisotopic (exact) mass is 425 g/mol. The van der Waals surface area contributed by atoms with Crippen molar-refractivity contribution in [1.82, 2.24) is 29.4 Å². The summed E-state index contributed by atoms with van der Waals surface area (Å²) in [6.07, 6.45) is 7.46. The van der Waals surface area contributed by atoms with Gasteiger partial charge in [-0.2, -0.15) is 15.4 Å². The van der Waals surface area contributed by atoms with Crippen molar-refractivity contribution in [3.63, 3.8) is 0 Å². The second-order valence-electron chi connectivity index (χ2n) is 9.15. The molecule has 0 saturated carbocycles. The Morgan fingerprint density at radius 3 is 2.80 bits per heavy atom. The van der Waals surface area contributed by atoms with E-state index in [0.29, 0.717) is 19.8 Å². The second-order valence-corrected chi connectivity index (χ2v) is 14.8. The fourth-order valence-corrected chi connectivity index (χ4v) is 4.46. The summed E-state index contributed by atoms with van der Waals surface area (Å²) in [7, 11) is -1.12. The lowest BCUT2D eigenvalue weighted by atomic mass is 9.89. The van der Waals surface area contributed by atoms with E-state index in [4.69, 9.17) is 4.74 Å². The standard InChI is InChI=1S/C20H27N7O2Si/c1-30(2,3)9-8-29-15-25-7-4-17-18(22-14-23-19(17)25)16-10-24-27(11-16)20(5-6-21)12-26(28)13-20/h4,7,10-11,14,28H,5,8-9,12-13,15H2,1-3H3. The van der Waals surface area contributed by atoms with E-state index in [2.05, 4.69) is 40.8 Å². The summed E-state index contributed by atoms with van der Waals surface area (Å²) in [6, 6.07) is 5.33. The molecular weight excluding hydrogens is 398 g/mol. The molecule has 1 N–H and O–H groups in total. The van der Waals surface area contributed by atoms with Gasteiger partial charge in [-0.1, -0.05) is 19.6 Å². The van der Waals surface area contributed by atoms with Crippen LogP contribution in [0.15, 0.2) is 31.0 Å². The van der Waals surface area contributed by atoms with E-state index in [9.17, 15) is 10.5 Å². The molecule has 4 heterocycles. The summed E-state index contributed by atoms with van der Waals surface area (Å²) < 4.78 is 9.65. The van der Waals surface area contributed by atoms with Gasteiger partial charge in [0.2, 0.25) is 0 Å². The first-order chi connectivity index (χ1) is 14.3. The third kappa shape index (κ3) is 4.02. The van der Waals surface area contributed by atoms with Crippen LogP contribution in [0.2, 0.25) is 25.7 Å². The van der Waals surface area contributed by atoms with Gasteiger partial charge in [0.05, 0.1) is 37.5 Å². The van der Waals surface area contributed by atoms with Crippen LogP contribution in [0.4, 0.5) is 0 Å². The van der Waals surface area contributed by atoms with E-state index in [1.165, 1.54) is 5.06 Å². The summed E-state index contributed by atoms with van der Waals surface area (Å²) in [4.78, 5) is 8.93. The summed E-state index contributed by atoms with van der Waals surface area (Å²) in [5, 5.41) is 25.4. The molecule has 9 nitrogen and oxygen atoms in total. The Kier molecular flexibility index (Phi) is 5.46. The van der Waals surface area contributed by atoms with Crippen molar-refractivity contribution < 1.29 is 9.94 Å². The van der Waals surface area contributed by atoms with E-state index in [1.807, 2.05) is 23.0 Å². The molecule has 3 aromatic rings. The number of nitrogens with zero attached hydrogens (tertiary/aromatic N) is 7. The van der Waals surface area contributed by atoms with Gasteiger partial charge in [0.15, 0.2) is 0 Å². The highest BCUT2D eigenvalue weighted by atomic mass is 28.3. The van der Waals surface area contributed by atoms with Crippen LogP contribution >= 0.6 is 0 Å². The maximum absolute atomic E-state index is 9.62. The molecule has 1 aliphatic heterocycles. The van der Waals surface area contributed by atoms with Gasteiger partial charge < -0.3 is 14.5 Å². The van der Waals surface area contributed by atoms with Gasteiger partial charge in [-0.25, -0.2) is 9.97 Å². The molecule has 10 heteroatoms. The fraction of sp³-hybridized carbons (Fsp3) is 0.500. The summed E-state index contributed by atoms with van der Waals surface area (Å²) in [5.74, 6) is 0. The Morgan fingerprint density at radius 2 is 2.10 bits per heavy atom. The summed E-state index contributed by atoms with van der Waals surface area (Å²) >= 11 is 0. The Morgan fingerprint density at radius 1 is 1.30 bits per heavy atom. The highest BCUT2D eigenvalue weighted by molar-refractivity contribution is 6.76. The van der Waals surface area contributed by atoms with Crippen LogP contribution in [-0.4, -0.2) is 62.4 Å². The van der Waals surface area contributed by atoms with Gasteiger partial charge in [0.1, 0.15) is 24.2 Å². The Balaban J connectivity index is 1.55. The minimum Gasteiger partial charge on any atom is -0.361 e. The molecular formula is C20H27N7O2Si. The normalized spacial score (nSPS) is 16.5. The molecule has 158 valence electrons. The van der Waals surface area contributed by atoms with E-state index < -0.39 is 13.6 Å². The first kappa shape index (κ1) is 20.7. The number of hydrogen-bond donors (Lipinski definition) is 1. The lowest BCUT2D eigenvalue weighted by Crippen LogP contribution is -2.61. The predicted octanol–water partition coefficient (Wildman–Crippen LogP) is 2.92. The second kappa shape index (κ2) is 7.92. The van der Waals surface area contributed by atoms with Crippen molar-refractivity contribution in [3.05, 3.63) is 31.0 Å². The van der Waals surface area contributed by atoms with Crippen molar-refractivity contribution in [2.24, 2.45) is 0 Å². The minimum atomic E-state index is -1.12. The van der Waals surface area contributed by atoms with Crippen LogP contribution in [0.25, 0.3) is 22.3 Å². The molecule has 30 heavy (non-hydrogen) atoms. The number of rotatable bonds is 8. The zero-order chi connectivity index (χ0) is 21.4. The first-order valence-electron chi connectivity index (χ1n) is 10.1. The molecule has 0 radical (unpaired) electrons. The van der Waals surface area contributed by atoms with E-state index in [-0.39, 0.29) is 6.42 Å². The number of nitriles is 1. The van der Waals surface area contributed by atoms with Crippen LogP contribution in [0.5, 0.6) is 0 Å². The minimum absolute atomic E-state index is 0.287. The Hall–Kier alpha value is -2.58. The van der Waals surface area contributed by atoms with Crippen LogP contribution < -0.4 is 0 Å². The number of aromatic nitrogens is 5. The quantitative estimate of drug-likeness (QED) is 0.437. The van der Waals surface area contributed by atoms with E-state index in [0.717, 1.165) is 34.9 Å². The average Bonchev–Trinajstić information content (AvgIpc) is 3.31. The van der Waals surface area contributed by atoms with Crippen molar-refractivity contribution in [3.8, 4) is 17.3 Å². The molecule has 3 aromatic heterocycles. The van der Waals surface area contributed by atoms with Crippen molar-refractivity contribution in [2.45, 2.75) is 44.4 Å². The molecule has 1 aliphatic rings. The van der Waals surface area contributed by atoms with E-state index >= 15 is 0 Å². The first-order valence-corrected chi connectivity index (χ1v) is 13.8. The molecule has 0 bridgehead atoms. The van der Waals surface area contributed by atoms with Crippen LogP contribution in [-0.2, 0) is 17.0 Å². The molecule has 1 fully saturated rings. The zero-order valence-electron chi connectivity index (χ0n) is 17.6. The number of hydrogen-bond acceptors (Lipinski definition) is 7. The molecule has 0 spiro atoms. The predicted molar refractivity (Wildman–Crippen MR) is 114 cm³/mol. The van der Waals surface area contributed by atoms with Crippen molar-refractivity contribution in [1.29, 1.82) is 5.26 Å². The van der Waals surface area contributed by atoms with Crippen LogP contribution in [0.1, 0.15) is 6.42 Å². The van der Waals surface area contributed by atoms with Gasteiger partial charge in [-0.05, 0) is 12.1 Å². The molecule has 0 aliphatic carbocycles. The largest absolute Gasteiger partial charge is 0.361 e. The van der Waals surface area contributed by atoms with Crippen molar-refractivity contribution >= 4 is 19.1 Å².